The third kappa shape index (κ3) is 4.81. The van der Waals surface area contributed by atoms with Crippen molar-refractivity contribution in [2.75, 3.05) is 45.1 Å². The lowest BCUT2D eigenvalue weighted by Crippen LogP contribution is -2.34. The predicted octanol–water partition coefficient (Wildman–Crippen LogP) is 1.06. The van der Waals surface area contributed by atoms with Crippen molar-refractivity contribution < 1.29 is 23.1 Å². The van der Waals surface area contributed by atoms with Crippen LogP contribution in [-0.2, 0) is 20.3 Å². The maximum Gasteiger partial charge on any atom is 0.177 e. The van der Waals surface area contributed by atoms with E-state index in [9.17, 15) is 18.3 Å². The van der Waals surface area contributed by atoms with Crippen LogP contribution in [0.4, 0.5) is 5.69 Å². The third-order valence-corrected chi connectivity index (χ3v) is 5.97. The Bertz CT molecular complexity index is 826. The van der Waals surface area contributed by atoms with Gasteiger partial charge in [-0.3, -0.25) is 9.80 Å². The zero-order valence-electron chi connectivity index (χ0n) is 15.8. The van der Waals surface area contributed by atoms with Gasteiger partial charge in [0.15, 0.2) is 21.8 Å². The second-order valence-corrected chi connectivity index (χ2v) is 9.08. The number of nitrogens with zero attached hydrogens (tertiary/aromatic N) is 2. The van der Waals surface area contributed by atoms with E-state index in [1.54, 1.807) is 14.2 Å². The summed E-state index contributed by atoms with van der Waals surface area (Å²) in [7, 11) is -0.360. The van der Waals surface area contributed by atoms with E-state index in [0.717, 1.165) is 6.26 Å². The summed E-state index contributed by atoms with van der Waals surface area (Å²) in [5.74, 6) is -0.656. The number of hydrogen-bond donors (Lipinski definition) is 2. The molecule has 1 aromatic carbocycles. The van der Waals surface area contributed by atoms with E-state index in [-0.39, 0.29) is 10.7 Å². The minimum absolute atomic E-state index is 0.136. The van der Waals surface area contributed by atoms with Gasteiger partial charge in [-0.1, -0.05) is 0 Å². The highest BCUT2D eigenvalue weighted by atomic mass is 32.2. The summed E-state index contributed by atoms with van der Waals surface area (Å²) in [6, 6.07) is 2.95. The molecule has 0 saturated carbocycles. The van der Waals surface area contributed by atoms with Crippen LogP contribution in [0.1, 0.15) is 15.9 Å². The number of aliphatic hydroxyl groups excluding tert-OH is 1. The van der Waals surface area contributed by atoms with Gasteiger partial charge in [0.2, 0.25) is 0 Å². The number of nitrogens with one attached hydrogen (secondary N) is 1. The van der Waals surface area contributed by atoms with Crippen LogP contribution in [0.5, 0.6) is 0 Å². The summed E-state index contributed by atoms with van der Waals surface area (Å²) < 4.78 is 29.5. The van der Waals surface area contributed by atoms with Crippen molar-refractivity contribution in [3.05, 3.63) is 23.3 Å². The molecule has 0 aromatic heterocycles. The van der Waals surface area contributed by atoms with Gasteiger partial charge in [0.1, 0.15) is 5.92 Å². The Balaban J connectivity index is 2.56. The van der Waals surface area contributed by atoms with Gasteiger partial charge in [0.05, 0.1) is 17.2 Å². The molecule has 0 saturated heterocycles. The number of thioether (sulfide) groups is 1. The second-order valence-electron chi connectivity index (χ2n) is 6.23. The molecule has 0 radical (unpaired) electrons. The minimum atomic E-state index is -3.50. The molecule has 1 aromatic rings. The average molecular weight is 416 g/mol. The van der Waals surface area contributed by atoms with Crippen LogP contribution in [0.25, 0.3) is 0 Å². The lowest BCUT2D eigenvalue weighted by Gasteiger charge is -2.22. The fraction of sp³-hybridized carbons (Fsp3) is 0.529. The SMILES string of the molecule is COCCNc1c(S(C)(=O)=O)ccc(C(=O)C2C=NN(C)C2O)c1CSC. The van der Waals surface area contributed by atoms with Crippen molar-refractivity contribution in [2.45, 2.75) is 16.9 Å². The number of aliphatic hydroxyl groups is 1. The van der Waals surface area contributed by atoms with Crippen LogP contribution in [-0.4, -0.2) is 76.6 Å². The van der Waals surface area contributed by atoms with E-state index in [1.807, 2.05) is 6.26 Å². The first-order valence-corrected chi connectivity index (χ1v) is 11.6. The molecule has 2 rings (SSSR count). The third-order valence-electron chi connectivity index (χ3n) is 4.25. The topological polar surface area (TPSA) is 108 Å². The Morgan fingerprint density at radius 1 is 1.44 bits per heavy atom. The maximum atomic E-state index is 13.1. The number of sulfone groups is 1. The number of carbonyl (C=O) groups is 1. The summed E-state index contributed by atoms with van der Waals surface area (Å²) in [5, 5.41) is 18.6. The van der Waals surface area contributed by atoms with Gasteiger partial charge in [-0.25, -0.2) is 8.42 Å². The molecular formula is C17H25N3O5S2. The standard InChI is InChI=1S/C17H25N3O5S2/c1-20-17(22)12(9-19-20)16(21)11-5-6-14(27(4,23)24)15(13(11)10-26-3)18-7-8-25-2/h5-6,9,12,17-18,22H,7-8,10H2,1-4H3. The zero-order chi connectivity index (χ0) is 20.2. The number of ketones is 1. The van der Waals surface area contributed by atoms with Gasteiger partial charge < -0.3 is 15.2 Å². The summed E-state index contributed by atoms with van der Waals surface area (Å²) >= 11 is 1.48. The first-order chi connectivity index (χ1) is 12.7. The lowest BCUT2D eigenvalue weighted by molar-refractivity contribution is 0.0167. The van der Waals surface area contributed by atoms with Crippen molar-refractivity contribution in [1.82, 2.24) is 5.01 Å². The molecule has 1 heterocycles. The van der Waals surface area contributed by atoms with E-state index in [1.165, 1.54) is 35.1 Å². The summed E-state index contributed by atoms with van der Waals surface area (Å²) in [4.78, 5) is 13.2. The molecule has 1 aliphatic rings. The smallest absolute Gasteiger partial charge is 0.177 e. The maximum absolute atomic E-state index is 13.1. The number of hydrazone groups is 1. The Morgan fingerprint density at radius 2 is 2.15 bits per heavy atom. The van der Waals surface area contributed by atoms with E-state index in [0.29, 0.717) is 35.7 Å². The van der Waals surface area contributed by atoms with Crippen LogP contribution in [0.2, 0.25) is 0 Å². The molecule has 1 aliphatic heterocycles. The van der Waals surface area contributed by atoms with Crippen LogP contribution < -0.4 is 5.32 Å². The molecular weight excluding hydrogens is 390 g/mol. The summed E-state index contributed by atoms with van der Waals surface area (Å²) in [6.45, 7) is 0.785. The van der Waals surface area contributed by atoms with Gasteiger partial charge in [-0.05, 0) is 24.0 Å². The minimum Gasteiger partial charge on any atom is -0.383 e. The Hall–Kier alpha value is -1.62. The van der Waals surface area contributed by atoms with Crippen molar-refractivity contribution in [2.24, 2.45) is 11.0 Å². The molecule has 0 bridgehead atoms. The largest absolute Gasteiger partial charge is 0.383 e. The highest BCUT2D eigenvalue weighted by Crippen LogP contribution is 2.33. The van der Waals surface area contributed by atoms with E-state index in [2.05, 4.69) is 10.4 Å². The molecule has 0 spiro atoms. The molecule has 2 N–H and O–H groups in total. The molecule has 150 valence electrons. The average Bonchev–Trinajstić information content (AvgIpc) is 2.94. The van der Waals surface area contributed by atoms with Crippen LogP contribution in [0.15, 0.2) is 22.1 Å². The number of methoxy groups -OCH3 is 1. The fourth-order valence-electron chi connectivity index (χ4n) is 2.87. The first kappa shape index (κ1) is 21.7. The number of rotatable bonds is 9. The van der Waals surface area contributed by atoms with Crippen LogP contribution in [0.3, 0.4) is 0 Å². The Morgan fingerprint density at radius 3 is 2.67 bits per heavy atom. The van der Waals surface area contributed by atoms with Crippen molar-refractivity contribution >= 4 is 39.3 Å². The molecule has 10 heteroatoms. The quantitative estimate of drug-likeness (QED) is 0.455. The van der Waals surface area contributed by atoms with Gasteiger partial charge >= 0.3 is 0 Å². The number of carbonyl (C=O) groups excluding carboxylic acids is 1. The monoisotopic (exact) mass is 415 g/mol. The van der Waals surface area contributed by atoms with Crippen molar-refractivity contribution in [1.29, 1.82) is 0 Å². The van der Waals surface area contributed by atoms with E-state index < -0.39 is 22.0 Å². The number of ether oxygens (including phenoxy) is 1. The van der Waals surface area contributed by atoms with Crippen molar-refractivity contribution in [3.63, 3.8) is 0 Å². The number of benzene rings is 1. The van der Waals surface area contributed by atoms with Crippen molar-refractivity contribution in [3.8, 4) is 0 Å². The molecule has 8 nitrogen and oxygen atoms in total. The van der Waals surface area contributed by atoms with Gasteiger partial charge in [-0.2, -0.15) is 16.9 Å². The van der Waals surface area contributed by atoms with Gasteiger partial charge in [-0.15, -0.1) is 0 Å². The fourth-order valence-corrected chi connectivity index (χ4v) is 4.34. The highest BCUT2D eigenvalue weighted by Gasteiger charge is 2.35. The van der Waals surface area contributed by atoms with Gasteiger partial charge in [0, 0.05) is 44.5 Å². The number of anilines is 1. The zero-order valence-corrected chi connectivity index (χ0v) is 17.4. The molecule has 2 unspecified atom stereocenters. The summed E-state index contributed by atoms with van der Waals surface area (Å²) in [6.07, 6.45) is 3.38. The van der Waals surface area contributed by atoms with Gasteiger partial charge in [0.25, 0.3) is 0 Å². The first-order valence-electron chi connectivity index (χ1n) is 8.29. The molecule has 0 amide bonds. The Kier molecular flexibility index (Phi) is 7.26. The van der Waals surface area contributed by atoms with E-state index >= 15 is 0 Å². The number of Topliss-reactive ketones (excluding diaryl/α,β-unsaturated/α-hetero) is 1. The highest BCUT2D eigenvalue weighted by molar-refractivity contribution is 7.97. The predicted molar refractivity (Wildman–Crippen MR) is 107 cm³/mol. The van der Waals surface area contributed by atoms with E-state index in [4.69, 9.17) is 4.74 Å². The molecule has 0 fully saturated rings. The van der Waals surface area contributed by atoms with Crippen LogP contribution >= 0.6 is 11.8 Å². The van der Waals surface area contributed by atoms with Crippen LogP contribution in [0, 0.1) is 5.92 Å². The molecule has 27 heavy (non-hydrogen) atoms. The molecule has 0 aliphatic carbocycles. The number of hydrogen-bond acceptors (Lipinski definition) is 9. The lowest BCUT2D eigenvalue weighted by atomic mass is 9.93. The normalized spacial score (nSPS) is 19.5. The Labute approximate surface area is 163 Å². The molecule has 2 atom stereocenters. The summed E-state index contributed by atoms with van der Waals surface area (Å²) in [5.41, 5.74) is 1.39. The second kappa shape index (κ2) is 9.05.